The highest BCUT2D eigenvalue weighted by molar-refractivity contribution is 6.04. The first kappa shape index (κ1) is 18.9. The quantitative estimate of drug-likeness (QED) is 0.497. The summed E-state index contributed by atoms with van der Waals surface area (Å²) >= 11 is 0. The summed E-state index contributed by atoms with van der Waals surface area (Å²) in [5.41, 5.74) is 3.58. The third kappa shape index (κ3) is 3.02. The molecule has 144 valence electrons. The molecule has 28 heavy (non-hydrogen) atoms. The molecule has 0 radical (unpaired) electrons. The van der Waals surface area contributed by atoms with Gasteiger partial charge in [-0.05, 0) is 11.5 Å². The average molecular weight is 383 g/mol. The standard InChI is InChI=1S/C19H17N3O6/c1-21-16(20)14(17(25)22(2)19(21)27)13(23)9-28-18(26)12-8-7-10-5-3-4-6-11(10)15(12)24/h3-8,24H,9,20H2,1-2H3. The number of phenolic OH excluding ortho intramolecular Hbond substituents is 1. The number of Topliss-reactive ketones (excluding diaryl/α,β-unsaturated/α-hetero) is 1. The zero-order valence-electron chi connectivity index (χ0n) is 15.1. The van der Waals surface area contributed by atoms with E-state index in [4.69, 9.17) is 10.5 Å². The van der Waals surface area contributed by atoms with Gasteiger partial charge in [0.2, 0.25) is 5.78 Å². The number of nitrogens with two attached hydrogens (primary N) is 1. The minimum absolute atomic E-state index is 0.118. The predicted octanol–water partition coefficient (Wildman–Crippen LogP) is 0.565. The third-order valence-electron chi connectivity index (χ3n) is 4.44. The molecule has 0 aliphatic carbocycles. The van der Waals surface area contributed by atoms with E-state index in [1.165, 1.54) is 20.2 Å². The van der Waals surface area contributed by atoms with Gasteiger partial charge in [0.25, 0.3) is 5.56 Å². The number of nitrogens with zero attached hydrogens (tertiary/aromatic N) is 2. The third-order valence-corrected chi connectivity index (χ3v) is 4.44. The summed E-state index contributed by atoms with van der Waals surface area (Å²) in [6.07, 6.45) is 0. The summed E-state index contributed by atoms with van der Waals surface area (Å²) in [5.74, 6) is -2.38. The number of esters is 1. The number of anilines is 1. The van der Waals surface area contributed by atoms with Gasteiger partial charge in [0.05, 0.1) is 0 Å². The molecule has 3 rings (SSSR count). The Morgan fingerprint density at radius 2 is 1.75 bits per heavy atom. The van der Waals surface area contributed by atoms with Crippen LogP contribution in [0.4, 0.5) is 5.82 Å². The van der Waals surface area contributed by atoms with Crippen LogP contribution in [0.25, 0.3) is 10.8 Å². The number of ether oxygens (including phenoxy) is 1. The molecule has 0 saturated heterocycles. The molecule has 2 aromatic carbocycles. The van der Waals surface area contributed by atoms with Crippen molar-refractivity contribution in [3.8, 4) is 5.75 Å². The molecule has 3 N–H and O–H groups in total. The summed E-state index contributed by atoms with van der Waals surface area (Å²) < 4.78 is 6.64. The van der Waals surface area contributed by atoms with Crippen LogP contribution < -0.4 is 17.0 Å². The minimum atomic E-state index is -0.934. The number of phenols is 1. The number of aromatic hydroxyl groups is 1. The highest BCUT2D eigenvalue weighted by Gasteiger charge is 2.22. The maximum atomic E-state index is 12.4. The van der Waals surface area contributed by atoms with Gasteiger partial charge in [-0.25, -0.2) is 9.59 Å². The summed E-state index contributed by atoms with van der Waals surface area (Å²) in [4.78, 5) is 48.7. The van der Waals surface area contributed by atoms with E-state index in [1.54, 1.807) is 30.3 Å². The molecule has 0 aliphatic rings. The van der Waals surface area contributed by atoms with Gasteiger partial charge < -0.3 is 15.6 Å². The van der Waals surface area contributed by atoms with Crippen molar-refractivity contribution in [1.29, 1.82) is 0 Å². The lowest BCUT2D eigenvalue weighted by atomic mass is 10.1. The Morgan fingerprint density at radius 1 is 1.07 bits per heavy atom. The Kier molecular flexibility index (Phi) is 4.74. The number of carbonyl (C=O) groups is 2. The van der Waals surface area contributed by atoms with E-state index in [9.17, 15) is 24.3 Å². The zero-order chi connectivity index (χ0) is 20.6. The van der Waals surface area contributed by atoms with Crippen LogP contribution in [0.2, 0.25) is 0 Å². The van der Waals surface area contributed by atoms with Crippen LogP contribution in [-0.4, -0.2) is 32.6 Å². The Morgan fingerprint density at radius 3 is 2.46 bits per heavy atom. The van der Waals surface area contributed by atoms with E-state index < -0.39 is 35.2 Å². The van der Waals surface area contributed by atoms with E-state index in [2.05, 4.69) is 0 Å². The lowest BCUT2D eigenvalue weighted by Gasteiger charge is -2.11. The van der Waals surface area contributed by atoms with E-state index in [1.807, 2.05) is 0 Å². The number of hydrogen-bond acceptors (Lipinski definition) is 7. The van der Waals surface area contributed by atoms with Crippen LogP contribution in [0, 0.1) is 0 Å². The second-order valence-corrected chi connectivity index (χ2v) is 6.15. The molecule has 9 nitrogen and oxygen atoms in total. The number of benzene rings is 2. The van der Waals surface area contributed by atoms with E-state index in [-0.39, 0.29) is 17.1 Å². The maximum Gasteiger partial charge on any atom is 0.342 e. The normalized spacial score (nSPS) is 10.8. The molecular weight excluding hydrogens is 366 g/mol. The molecule has 3 aromatic rings. The highest BCUT2D eigenvalue weighted by Crippen LogP contribution is 2.29. The molecule has 0 aliphatic heterocycles. The van der Waals surface area contributed by atoms with Crippen LogP contribution >= 0.6 is 0 Å². The summed E-state index contributed by atoms with van der Waals surface area (Å²) in [7, 11) is 2.52. The van der Waals surface area contributed by atoms with Gasteiger partial charge in [-0.1, -0.05) is 30.3 Å². The van der Waals surface area contributed by atoms with Crippen LogP contribution in [0.3, 0.4) is 0 Å². The minimum Gasteiger partial charge on any atom is -0.506 e. The molecule has 0 spiro atoms. The van der Waals surface area contributed by atoms with Crippen molar-refractivity contribution in [3.63, 3.8) is 0 Å². The van der Waals surface area contributed by atoms with Gasteiger partial charge in [0.15, 0.2) is 6.61 Å². The molecule has 0 amide bonds. The van der Waals surface area contributed by atoms with E-state index in [0.717, 1.165) is 14.5 Å². The van der Waals surface area contributed by atoms with Gasteiger partial charge in [-0.3, -0.25) is 18.7 Å². The monoisotopic (exact) mass is 383 g/mol. The Balaban J connectivity index is 1.87. The van der Waals surface area contributed by atoms with Crippen molar-refractivity contribution in [2.45, 2.75) is 0 Å². The second-order valence-electron chi connectivity index (χ2n) is 6.15. The van der Waals surface area contributed by atoms with Crippen molar-refractivity contribution < 1.29 is 19.4 Å². The van der Waals surface area contributed by atoms with Crippen molar-refractivity contribution in [3.05, 3.63) is 68.4 Å². The van der Waals surface area contributed by atoms with Crippen molar-refractivity contribution in [1.82, 2.24) is 9.13 Å². The summed E-state index contributed by atoms with van der Waals surface area (Å²) in [5, 5.41) is 11.5. The SMILES string of the molecule is Cn1c(N)c(C(=O)COC(=O)c2ccc3ccccc3c2O)c(=O)n(C)c1=O. The number of fused-ring (bicyclic) bond motifs is 1. The van der Waals surface area contributed by atoms with Gasteiger partial charge in [-0.15, -0.1) is 0 Å². The topological polar surface area (TPSA) is 134 Å². The zero-order valence-corrected chi connectivity index (χ0v) is 15.1. The van der Waals surface area contributed by atoms with Gasteiger partial charge in [-0.2, -0.15) is 0 Å². The number of carbonyl (C=O) groups excluding carboxylic acids is 2. The molecule has 0 saturated carbocycles. The number of ketones is 1. The van der Waals surface area contributed by atoms with Crippen molar-refractivity contribution in [2.24, 2.45) is 14.1 Å². The molecular formula is C19H17N3O6. The molecule has 1 heterocycles. The number of aromatic nitrogens is 2. The molecule has 0 atom stereocenters. The average Bonchev–Trinajstić information content (AvgIpc) is 2.69. The molecule has 1 aromatic heterocycles. The van der Waals surface area contributed by atoms with E-state index in [0.29, 0.717) is 5.39 Å². The van der Waals surface area contributed by atoms with E-state index >= 15 is 0 Å². The van der Waals surface area contributed by atoms with Crippen LogP contribution in [0.1, 0.15) is 20.7 Å². The highest BCUT2D eigenvalue weighted by atomic mass is 16.5. The lowest BCUT2D eigenvalue weighted by Crippen LogP contribution is -2.42. The fourth-order valence-corrected chi connectivity index (χ4v) is 2.82. The molecule has 0 unspecified atom stereocenters. The fourth-order valence-electron chi connectivity index (χ4n) is 2.82. The Labute approximate surface area is 158 Å². The number of hydrogen-bond donors (Lipinski definition) is 2. The Bertz CT molecular complexity index is 1240. The summed E-state index contributed by atoms with van der Waals surface area (Å²) in [6.45, 7) is -0.775. The summed E-state index contributed by atoms with van der Waals surface area (Å²) in [6, 6.07) is 9.92. The number of rotatable bonds is 4. The smallest absolute Gasteiger partial charge is 0.342 e. The van der Waals surface area contributed by atoms with Crippen LogP contribution in [0.5, 0.6) is 5.75 Å². The first-order chi connectivity index (χ1) is 13.2. The van der Waals surface area contributed by atoms with Gasteiger partial charge >= 0.3 is 11.7 Å². The molecule has 0 fully saturated rings. The van der Waals surface area contributed by atoms with Crippen molar-refractivity contribution >= 4 is 28.3 Å². The van der Waals surface area contributed by atoms with Gasteiger partial charge in [0.1, 0.15) is 22.7 Å². The van der Waals surface area contributed by atoms with Crippen molar-refractivity contribution in [2.75, 3.05) is 12.3 Å². The predicted molar refractivity (Wildman–Crippen MR) is 102 cm³/mol. The maximum absolute atomic E-state index is 12.4. The second kappa shape index (κ2) is 7.03. The van der Waals surface area contributed by atoms with Gasteiger partial charge in [0, 0.05) is 19.5 Å². The first-order valence-corrected chi connectivity index (χ1v) is 8.20. The number of nitrogen functional groups attached to an aromatic ring is 1. The molecule has 0 bridgehead atoms. The fraction of sp³-hybridized carbons (Fsp3) is 0.158. The van der Waals surface area contributed by atoms with Crippen LogP contribution in [0.15, 0.2) is 46.0 Å². The lowest BCUT2D eigenvalue weighted by molar-refractivity contribution is 0.0471. The largest absolute Gasteiger partial charge is 0.506 e. The molecule has 9 heteroatoms. The first-order valence-electron chi connectivity index (χ1n) is 8.20. The van der Waals surface area contributed by atoms with Crippen LogP contribution in [-0.2, 0) is 18.8 Å². The Hall–Kier alpha value is -3.88.